The zero-order valence-corrected chi connectivity index (χ0v) is 19.2. The molecule has 4 aliphatic rings. The number of hydrogen-bond acceptors (Lipinski definition) is 6. The molecule has 0 aromatic heterocycles. The van der Waals surface area contributed by atoms with Crippen molar-refractivity contribution in [1.29, 1.82) is 0 Å². The van der Waals surface area contributed by atoms with Gasteiger partial charge in [-0.25, -0.2) is 8.96 Å². The highest BCUT2D eigenvalue weighted by molar-refractivity contribution is 7.46. The fraction of sp³-hybridized carbons (Fsp3) is 0.727. The summed E-state index contributed by atoms with van der Waals surface area (Å²) < 4.78 is 32.5. The second-order valence-electron chi connectivity index (χ2n) is 10.4. The Morgan fingerprint density at radius 3 is 2.59 bits per heavy atom. The monoisotopic (exact) mass is 472 g/mol. The molecule has 8 nitrogen and oxygen atoms in total. The van der Waals surface area contributed by atoms with E-state index in [1.54, 1.807) is 20.8 Å². The minimum Gasteiger partial charge on any atom is -0.390 e. The zero-order valence-electron chi connectivity index (χ0n) is 18.3. The number of aliphatic hydroxyl groups excluding tert-OH is 1. The van der Waals surface area contributed by atoms with Crippen molar-refractivity contribution in [3.8, 4) is 0 Å². The lowest BCUT2D eigenvalue weighted by molar-refractivity contribution is -0.219. The number of alkyl halides is 1. The van der Waals surface area contributed by atoms with E-state index < -0.39 is 66.2 Å². The highest BCUT2D eigenvalue weighted by atomic mass is 31.2. The number of phosphoric ester groups is 1. The van der Waals surface area contributed by atoms with Gasteiger partial charge < -0.3 is 20.0 Å². The first-order valence-corrected chi connectivity index (χ1v) is 12.4. The first-order chi connectivity index (χ1) is 14.6. The predicted molar refractivity (Wildman–Crippen MR) is 111 cm³/mol. The number of aliphatic hydroxyl groups is 2. The van der Waals surface area contributed by atoms with Crippen LogP contribution >= 0.6 is 7.82 Å². The van der Waals surface area contributed by atoms with Gasteiger partial charge in [0.2, 0.25) is 0 Å². The topological polar surface area (TPSA) is 141 Å². The van der Waals surface area contributed by atoms with Crippen LogP contribution in [-0.2, 0) is 18.7 Å². The lowest BCUT2D eigenvalue weighted by Crippen LogP contribution is -2.69. The van der Waals surface area contributed by atoms with Crippen LogP contribution in [0.1, 0.15) is 46.5 Å². The standard InChI is InChI=1S/C22H30FO8P/c1-12-8-16-15-5-4-13-9-14(24)6-7-19(13,2)21(15,23)17(25)10-20(16,3)22(12,27)18(26)11-31-32(28,29)30/h6-7,9,12,15-17,25,27H,4-5,8,10-11H2,1-3H3,(H2,28,29,30)/t12-,15+,16-,17-,19-,20-,21-,22-/m0/s1. The van der Waals surface area contributed by atoms with Crippen LogP contribution < -0.4 is 0 Å². The summed E-state index contributed by atoms with van der Waals surface area (Å²) in [4.78, 5) is 42.8. The SMILES string of the molecule is C[C@H]1C[C@H]2[C@H]3CCC4=CC(=O)C=C[C@]4(C)[C@@]3(F)[C@@H](O)C[C@]2(C)[C@@]1(O)C(=O)COP(=O)(O)O. The summed E-state index contributed by atoms with van der Waals surface area (Å²) in [6.45, 7) is 4.00. The van der Waals surface area contributed by atoms with E-state index in [2.05, 4.69) is 4.52 Å². The number of carbonyl (C=O) groups excluding carboxylic acids is 2. The molecule has 0 heterocycles. The van der Waals surface area contributed by atoms with Crippen molar-refractivity contribution in [2.24, 2.45) is 28.6 Å². The molecule has 0 saturated heterocycles. The van der Waals surface area contributed by atoms with Crippen LogP contribution in [0.4, 0.5) is 4.39 Å². The maximum absolute atomic E-state index is 17.0. The third-order valence-corrected chi connectivity index (χ3v) is 9.48. The van der Waals surface area contributed by atoms with E-state index in [1.807, 2.05) is 0 Å². The van der Waals surface area contributed by atoms with Gasteiger partial charge in [0.1, 0.15) is 12.2 Å². The minimum absolute atomic E-state index is 0.211. The quantitative estimate of drug-likeness (QED) is 0.456. The first kappa shape index (κ1) is 23.9. The Labute approximate surface area is 185 Å². The summed E-state index contributed by atoms with van der Waals surface area (Å²) >= 11 is 0. The molecule has 4 aliphatic carbocycles. The van der Waals surface area contributed by atoms with Crippen molar-refractivity contribution in [3.63, 3.8) is 0 Å². The second-order valence-corrected chi connectivity index (χ2v) is 11.6. The van der Waals surface area contributed by atoms with Gasteiger partial charge in [-0.05, 0) is 56.6 Å². The second kappa shape index (κ2) is 7.14. The van der Waals surface area contributed by atoms with E-state index in [4.69, 9.17) is 9.79 Å². The van der Waals surface area contributed by atoms with E-state index in [1.165, 1.54) is 18.2 Å². The number of phosphoric acid groups is 1. The van der Waals surface area contributed by atoms with Crippen molar-refractivity contribution < 1.29 is 43.1 Å². The number of rotatable bonds is 4. The summed E-state index contributed by atoms with van der Waals surface area (Å²) in [5.74, 6) is -2.87. The number of Topliss-reactive ketones (excluding diaryl/α,β-unsaturated/α-hetero) is 1. The van der Waals surface area contributed by atoms with Crippen LogP contribution in [0.3, 0.4) is 0 Å². The van der Waals surface area contributed by atoms with Gasteiger partial charge >= 0.3 is 7.82 Å². The summed E-state index contributed by atoms with van der Waals surface area (Å²) in [7, 11) is -4.93. The van der Waals surface area contributed by atoms with Gasteiger partial charge in [-0.15, -0.1) is 0 Å². The van der Waals surface area contributed by atoms with Crippen molar-refractivity contribution >= 4 is 19.4 Å². The first-order valence-electron chi connectivity index (χ1n) is 10.9. The average molecular weight is 472 g/mol. The molecule has 0 unspecified atom stereocenters. The van der Waals surface area contributed by atoms with Crippen LogP contribution in [0.25, 0.3) is 0 Å². The number of hydrogen-bond donors (Lipinski definition) is 4. The molecule has 4 rings (SSSR count). The smallest absolute Gasteiger partial charge is 0.390 e. The Hall–Kier alpha value is -1.22. The maximum atomic E-state index is 17.0. The zero-order chi connectivity index (χ0) is 23.9. The van der Waals surface area contributed by atoms with Gasteiger partial charge in [-0.3, -0.25) is 14.1 Å². The number of fused-ring (bicyclic) bond motifs is 5. The summed E-state index contributed by atoms with van der Waals surface area (Å²) in [5, 5.41) is 22.8. The number of carbonyl (C=O) groups is 2. The van der Waals surface area contributed by atoms with Crippen LogP contribution in [0, 0.1) is 28.6 Å². The Balaban J connectivity index is 1.74. The van der Waals surface area contributed by atoms with E-state index in [-0.39, 0.29) is 12.2 Å². The van der Waals surface area contributed by atoms with Gasteiger partial charge in [-0.2, -0.15) is 0 Å². The molecule has 4 N–H and O–H groups in total. The van der Waals surface area contributed by atoms with E-state index in [9.17, 15) is 24.4 Å². The Morgan fingerprint density at radius 2 is 1.97 bits per heavy atom. The normalized spacial score (nSPS) is 48.0. The lowest BCUT2D eigenvalue weighted by atomic mass is 9.44. The van der Waals surface area contributed by atoms with Gasteiger partial charge in [0.15, 0.2) is 17.2 Å². The molecule has 0 spiro atoms. The van der Waals surface area contributed by atoms with Crippen molar-refractivity contribution in [2.75, 3.05) is 6.61 Å². The van der Waals surface area contributed by atoms with Gasteiger partial charge in [0, 0.05) is 16.7 Å². The number of ketones is 2. The van der Waals surface area contributed by atoms with E-state index >= 15 is 4.39 Å². The average Bonchev–Trinajstić information content (AvgIpc) is 2.89. The third-order valence-electron chi connectivity index (χ3n) is 9.01. The summed E-state index contributed by atoms with van der Waals surface area (Å²) in [6.07, 6.45) is 3.70. The third kappa shape index (κ3) is 2.95. The van der Waals surface area contributed by atoms with Gasteiger partial charge in [0.05, 0.1) is 6.10 Å². The Morgan fingerprint density at radius 1 is 1.31 bits per heavy atom. The molecule has 178 valence electrons. The molecule has 0 aromatic rings. The highest BCUT2D eigenvalue weighted by Crippen LogP contribution is 2.70. The fourth-order valence-corrected chi connectivity index (χ4v) is 7.68. The van der Waals surface area contributed by atoms with Crippen LogP contribution in [0.5, 0.6) is 0 Å². The van der Waals surface area contributed by atoms with E-state index in [0.29, 0.717) is 24.8 Å². The summed E-state index contributed by atoms with van der Waals surface area (Å²) in [6, 6.07) is 0. The maximum Gasteiger partial charge on any atom is 0.470 e. The Kier molecular flexibility index (Phi) is 5.34. The lowest BCUT2D eigenvalue weighted by Gasteiger charge is -2.62. The molecule has 0 aliphatic heterocycles. The molecule has 0 aromatic carbocycles. The van der Waals surface area contributed by atoms with Crippen LogP contribution in [0.2, 0.25) is 0 Å². The number of allylic oxidation sites excluding steroid dienone is 4. The molecule has 3 saturated carbocycles. The highest BCUT2D eigenvalue weighted by Gasteiger charge is 2.75. The molecule has 3 fully saturated rings. The molecular weight excluding hydrogens is 442 g/mol. The van der Waals surface area contributed by atoms with Crippen molar-refractivity contribution in [1.82, 2.24) is 0 Å². The van der Waals surface area contributed by atoms with Gasteiger partial charge in [0.25, 0.3) is 0 Å². The molecule has 32 heavy (non-hydrogen) atoms. The molecule has 0 amide bonds. The van der Waals surface area contributed by atoms with Crippen LogP contribution in [-0.4, -0.2) is 55.5 Å². The van der Waals surface area contributed by atoms with E-state index in [0.717, 1.165) is 0 Å². The molecule has 8 atom stereocenters. The molecule has 10 heteroatoms. The molecule has 0 radical (unpaired) electrons. The summed E-state index contributed by atoms with van der Waals surface area (Å²) in [5.41, 5.74) is -5.88. The Bertz CT molecular complexity index is 973. The predicted octanol–water partition coefficient (Wildman–Crippen LogP) is 2.01. The minimum atomic E-state index is -4.93. The molecular formula is C22H30FO8P. The van der Waals surface area contributed by atoms with Crippen LogP contribution in [0.15, 0.2) is 23.8 Å². The fourth-order valence-electron chi connectivity index (χ4n) is 7.39. The largest absolute Gasteiger partial charge is 0.470 e. The van der Waals surface area contributed by atoms with Crippen molar-refractivity contribution in [3.05, 3.63) is 23.8 Å². The molecule has 0 bridgehead atoms. The van der Waals surface area contributed by atoms with Crippen molar-refractivity contribution in [2.45, 2.75) is 63.8 Å². The number of halogens is 1. The van der Waals surface area contributed by atoms with Gasteiger partial charge in [-0.1, -0.05) is 25.5 Å².